The van der Waals surface area contributed by atoms with Crippen molar-refractivity contribution in [3.05, 3.63) is 35.5 Å². The third-order valence-corrected chi connectivity index (χ3v) is 4.88. The van der Waals surface area contributed by atoms with E-state index in [1.807, 2.05) is 29.9 Å². The smallest absolute Gasteiger partial charge is 0.229 e. The molecule has 0 radical (unpaired) electrons. The van der Waals surface area contributed by atoms with Crippen molar-refractivity contribution in [3.63, 3.8) is 0 Å². The van der Waals surface area contributed by atoms with E-state index in [0.29, 0.717) is 18.4 Å². The molecule has 1 amide bonds. The number of aromatic nitrogens is 3. The van der Waals surface area contributed by atoms with Gasteiger partial charge in [-0.1, -0.05) is 0 Å². The molecule has 0 spiro atoms. The van der Waals surface area contributed by atoms with Crippen molar-refractivity contribution in [2.45, 2.75) is 25.2 Å². The molecule has 1 aliphatic rings. The van der Waals surface area contributed by atoms with Gasteiger partial charge in [0.1, 0.15) is 5.82 Å². The highest BCUT2D eigenvalue weighted by atomic mass is 32.1. The van der Waals surface area contributed by atoms with Crippen LogP contribution in [0.5, 0.6) is 0 Å². The Bertz CT molecular complexity index is 920. The fourth-order valence-electron chi connectivity index (χ4n) is 2.65. The second kappa shape index (κ2) is 6.64. The maximum absolute atomic E-state index is 10.9. The van der Waals surface area contributed by atoms with E-state index in [0.717, 1.165) is 40.1 Å². The third kappa shape index (κ3) is 3.69. The Kier molecular flexibility index (Phi) is 4.19. The molecule has 3 aromatic rings. The highest BCUT2D eigenvalue weighted by Gasteiger charge is 2.27. The predicted octanol–water partition coefficient (Wildman–Crippen LogP) is 2.99. The van der Waals surface area contributed by atoms with Gasteiger partial charge in [-0.2, -0.15) is 4.98 Å². The SMILES string of the molecule is NC(=O)CCNc1nc(Nc2ccc3ncsc3c2)ncc1C1CC1. The third-order valence-electron chi connectivity index (χ3n) is 4.09. The lowest BCUT2D eigenvalue weighted by Gasteiger charge is -2.12. The van der Waals surface area contributed by atoms with Gasteiger partial charge >= 0.3 is 0 Å². The number of amides is 1. The summed E-state index contributed by atoms with van der Waals surface area (Å²) < 4.78 is 1.11. The van der Waals surface area contributed by atoms with Gasteiger partial charge in [0.25, 0.3) is 0 Å². The average Bonchev–Trinajstić information content (AvgIpc) is 3.32. The van der Waals surface area contributed by atoms with Crippen LogP contribution in [-0.4, -0.2) is 27.4 Å². The minimum atomic E-state index is -0.328. The number of hydrogen-bond donors (Lipinski definition) is 3. The zero-order chi connectivity index (χ0) is 17.2. The molecule has 0 bridgehead atoms. The summed E-state index contributed by atoms with van der Waals surface area (Å²) in [6, 6.07) is 5.96. The van der Waals surface area contributed by atoms with Crippen LogP contribution in [0.3, 0.4) is 0 Å². The van der Waals surface area contributed by atoms with Crippen LogP contribution in [0.4, 0.5) is 17.5 Å². The summed E-state index contributed by atoms with van der Waals surface area (Å²) in [5.41, 5.74) is 10.0. The monoisotopic (exact) mass is 354 g/mol. The Morgan fingerprint density at radius 2 is 2.20 bits per heavy atom. The Morgan fingerprint density at radius 1 is 1.32 bits per heavy atom. The number of carbonyl (C=O) groups is 1. The molecule has 1 aliphatic carbocycles. The first kappa shape index (κ1) is 15.8. The van der Waals surface area contributed by atoms with Gasteiger partial charge in [-0.3, -0.25) is 4.79 Å². The molecule has 0 aliphatic heterocycles. The first-order valence-electron chi connectivity index (χ1n) is 8.18. The van der Waals surface area contributed by atoms with Gasteiger partial charge in [0, 0.05) is 30.4 Å². The van der Waals surface area contributed by atoms with Crippen molar-refractivity contribution in [2.24, 2.45) is 5.73 Å². The summed E-state index contributed by atoms with van der Waals surface area (Å²) in [6.45, 7) is 0.471. The number of anilines is 3. The zero-order valence-electron chi connectivity index (χ0n) is 13.5. The van der Waals surface area contributed by atoms with E-state index in [9.17, 15) is 4.79 Å². The van der Waals surface area contributed by atoms with E-state index < -0.39 is 0 Å². The molecular formula is C17H18N6OS. The molecular weight excluding hydrogens is 336 g/mol. The molecule has 1 saturated carbocycles. The fraction of sp³-hybridized carbons (Fsp3) is 0.294. The van der Waals surface area contributed by atoms with Crippen LogP contribution in [0.15, 0.2) is 29.9 Å². The van der Waals surface area contributed by atoms with Gasteiger partial charge in [-0.05, 0) is 37.0 Å². The highest BCUT2D eigenvalue weighted by molar-refractivity contribution is 7.16. The largest absolute Gasteiger partial charge is 0.370 e. The second-order valence-corrected chi connectivity index (χ2v) is 6.96. The minimum absolute atomic E-state index is 0.277. The average molecular weight is 354 g/mol. The van der Waals surface area contributed by atoms with Crippen LogP contribution in [0, 0.1) is 0 Å². The Labute approximate surface area is 148 Å². The molecule has 1 fully saturated rings. The van der Waals surface area contributed by atoms with Crippen LogP contribution < -0.4 is 16.4 Å². The van der Waals surface area contributed by atoms with E-state index in [2.05, 4.69) is 25.6 Å². The standard InChI is InChI=1S/C17H18N6OS/c18-15(24)5-6-19-16-12(10-1-2-10)8-20-17(23-16)22-11-3-4-13-14(7-11)25-9-21-13/h3-4,7-10H,1-2,5-6H2,(H2,18,24)(H2,19,20,22,23). The van der Waals surface area contributed by atoms with E-state index in [1.54, 1.807) is 11.3 Å². The lowest BCUT2D eigenvalue weighted by Crippen LogP contribution is -2.17. The van der Waals surface area contributed by atoms with Crippen molar-refractivity contribution in [2.75, 3.05) is 17.2 Å². The lowest BCUT2D eigenvalue weighted by atomic mass is 10.2. The van der Waals surface area contributed by atoms with Gasteiger partial charge in [0.05, 0.1) is 15.7 Å². The van der Waals surface area contributed by atoms with E-state index in [4.69, 9.17) is 5.73 Å². The first-order valence-corrected chi connectivity index (χ1v) is 9.06. The summed E-state index contributed by atoms with van der Waals surface area (Å²) in [4.78, 5) is 24.3. The molecule has 1 aromatic carbocycles. The van der Waals surface area contributed by atoms with Gasteiger partial charge in [0.2, 0.25) is 11.9 Å². The zero-order valence-corrected chi connectivity index (χ0v) is 14.3. The first-order chi connectivity index (χ1) is 12.2. The molecule has 0 atom stereocenters. The summed E-state index contributed by atoms with van der Waals surface area (Å²) in [5.74, 6) is 1.49. The number of primary amides is 1. The normalized spacial score (nSPS) is 13.8. The number of hydrogen-bond acceptors (Lipinski definition) is 7. The number of nitrogens with one attached hydrogen (secondary N) is 2. The topological polar surface area (TPSA) is 106 Å². The fourth-order valence-corrected chi connectivity index (χ4v) is 3.37. The quantitative estimate of drug-likeness (QED) is 0.602. The van der Waals surface area contributed by atoms with Crippen molar-refractivity contribution in [1.29, 1.82) is 0 Å². The van der Waals surface area contributed by atoms with E-state index >= 15 is 0 Å². The van der Waals surface area contributed by atoms with Gasteiger partial charge in [-0.15, -0.1) is 11.3 Å². The number of benzene rings is 1. The molecule has 2 aromatic heterocycles. The molecule has 4 rings (SSSR count). The van der Waals surface area contributed by atoms with Crippen LogP contribution >= 0.6 is 11.3 Å². The molecule has 8 heteroatoms. The number of thiazole rings is 1. The van der Waals surface area contributed by atoms with Crippen LogP contribution in [0.2, 0.25) is 0 Å². The Hall–Kier alpha value is -2.74. The van der Waals surface area contributed by atoms with Gasteiger partial charge < -0.3 is 16.4 Å². The lowest BCUT2D eigenvalue weighted by molar-refractivity contribution is -0.117. The maximum Gasteiger partial charge on any atom is 0.229 e. The van der Waals surface area contributed by atoms with Crippen LogP contribution in [-0.2, 0) is 4.79 Å². The molecule has 7 nitrogen and oxygen atoms in total. The molecule has 25 heavy (non-hydrogen) atoms. The Morgan fingerprint density at radius 3 is 3.00 bits per heavy atom. The number of fused-ring (bicyclic) bond motifs is 1. The van der Waals surface area contributed by atoms with E-state index in [1.165, 1.54) is 0 Å². The minimum Gasteiger partial charge on any atom is -0.370 e. The maximum atomic E-state index is 10.9. The summed E-state index contributed by atoms with van der Waals surface area (Å²) in [6.07, 6.45) is 4.45. The van der Waals surface area contributed by atoms with Crippen molar-refractivity contribution < 1.29 is 4.79 Å². The number of nitrogens with zero attached hydrogens (tertiary/aromatic N) is 3. The molecule has 128 valence electrons. The molecule has 4 N–H and O–H groups in total. The van der Waals surface area contributed by atoms with Gasteiger partial charge in [-0.25, -0.2) is 9.97 Å². The summed E-state index contributed by atoms with van der Waals surface area (Å²) in [7, 11) is 0. The van der Waals surface area contributed by atoms with Crippen LogP contribution in [0.25, 0.3) is 10.2 Å². The number of nitrogens with two attached hydrogens (primary N) is 1. The van der Waals surface area contributed by atoms with Crippen molar-refractivity contribution in [1.82, 2.24) is 15.0 Å². The van der Waals surface area contributed by atoms with Crippen molar-refractivity contribution >= 4 is 44.9 Å². The summed E-state index contributed by atoms with van der Waals surface area (Å²) >= 11 is 1.60. The molecule has 0 unspecified atom stereocenters. The highest BCUT2D eigenvalue weighted by Crippen LogP contribution is 2.42. The van der Waals surface area contributed by atoms with Gasteiger partial charge in [0.15, 0.2) is 0 Å². The predicted molar refractivity (Wildman–Crippen MR) is 99.2 cm³/mol. The van der Waals surface area contributed by atoms with E-state index in [-0.39, 0.29) is 12.3 Å². The molecule has 2 heterocycles. The Balaban J connectivity index is 1.55. The second-order valence-electron chi connectivity index (χ2n) is 6.07. The number of rotatable bonds is 7. The number of carbonyl (C=O) groups excluding carboxylic acids is 1. The molecule has 0 saturated heterocycles. The van der Waals surface area contributed by atoms with Crippen LogP contribution in [0.1, 0.15) is 30.7 Å². The summed E-state index contributed by atoms with van der Waals surface area (Å²) in [5, 5.41) is 6.45. The van der Waals surface area contributed by atoms with Crippen molar-refractivity contribution in [3.8, 4) is 0 Å².